The van der Waals surface area contributed by atoms with Crippen molar-refractivity contribution in [2.75, 3.05) is 31.6 Å². The summed E-state index contributed by atoms with van der Waals surface area (Å²) in [7, 11) is 0. The van der Waals surface area contributed by atoms with Crippen LogP contribution in [0, 0.1) is 6.92 Å². The topological polar surface area (TPSA) is 75.9 Å². The molecule has 0 spiro atoms. The molecule has 7 nitrogen and oxygen atoms in total. The van der Waals surface area contributed by atoms with Gasteiger partial charge in [0.1, 0.15) is 15.8 Å². The number of rotatable bonds is 9. The number of ether oxygens (including phenoxy) is 1. The summed E-state index contributed by atoms with van der Waals surface area (Å²) < 4.78 is 7.31. The third kappa shape index (κ3) is 4.63. The number of aryl methyl sites for hydroxylation is 1. The van der Waals surface area contributed by atoms with Crippen LogP contribution in [0.5, 0.6) is 0 Å². The monoisotopic (exact) mass is 444 g/mol. The number of pyridine rings is 1. The number of thiocarbonyl (C=S) groups is 1. The summed E-state index contributed by atoms with van der Waals surface area (Å²) >= 11 is 6.47. The number of fused-ring (bicyclic) bond motifs is 1. The molecule has 2 aromatic heterocycles. The van der Waals surface area contributed by atoms with Gasteiger partial charge in [-0.25, -0.2) is 4.98 Å². The molecule has 0 saturated carbocycles. The first-order valence-electron chi connectivity index (χ1n) is 9.67. The molecule has 3 heterocycles. The molecule has 1 amide bonds. The van der Waals surface area contributed by atoms with E-state index in [-0.39, 0.29) is 11.5 Å². The average molecular weight is 445 g/mol. The van der Waals surface area contributed by atoms with Crippen LogP contribution >= 0.6 is 24.0 Å². The zero-order valence-corrected chi connectivity index (χ0v) is 18.6. The van der Waals surface area contributed by atoms with Crippen molar-refractivity contribution < 1.29 is 9.53 Å². The smallest absolute Gasteiger partial charge is 0.267 e. The molecule has 0 unspecified atom stereocenters. The Hall–Kier alpha value is -2.49. The Kier molecular flexibility index (Phi) is 7.41. The number of amides is 1. The number of anilines is 1. The molecule has 1 aliphatic rings. The largest absolute Gasteiger partial charge is 0.382 e. The lowest BCUT2D eigenvalue weighted by molar-refractivity contribution is -0.121. The van der Waals surface area contributed by atoms with Crippen LogP contribution < -0.4 is 10.9 Å². The van der Waals surface area contributed by atoms with E-state index in [0.717, 1.165) is 12.0 Å². The minimum absolute atomic E-state index is 0.235. The first kappa shape index (κ1) is 22.2. The standard InChI is InChI=1S/C21H24N4O3S2/c1-4-10-25-20(27)16(30-21(25)29)13-15-17(22-9-7-12-28-5-2)23-18-14(3)8-6-11-24(18)19(15)26/h4,6,8,11,13,22H,1,5,7,9-10,12H2,2-3H3/b16-13-. The zero-order chi connectivity index (χ0) is 21.7. The Morgan fingerprint density at radius 1 is 1.40 bits per heavy atom. The van der Waals surface area contributed by atoms with Crippen LogP contribution in [0.25, 0.3) is 11.7 Å². The number of hydrogen-bond acceptors (Lipinski definition) is 7. The lowest BCUT2D eigenvalue weighted by atomic mass is 10.2. The number of aromatic nitrogens is 2. The molecule has 2 aromatic rings. The second kappa shape index (κ2) is 10.0. The van der Waals surface area contributed by atoms with Crippen molar-refractivity contribution >= 4 is 51.7 Å². The van der Waals surface area contributed by atoms with Gasteiger partial charge in [-0.3, -0.25) is 18.9 Å². The van der Waals surface area contributed by atoms with Crippen LogP contribution in [-0.2, 0) is 9.53 Å². The number of nitrogens with one attached hydrogen (secondary N) is 1. The van der Waals surface area contributed by atoms with Crippen molar-refractivity contribution in [3.05, 3.63) is 57.4 Å². The zero-order valence-electron chi connectivity index (χ0n) is 17.0. The van der Waals surface area contributed by atoms with E-state index in [0.29, 0.717) is 52.6 Å². The van der Waals surface area contributed by atoms with E-state index < -0.39 is 0 Å². The molecule has 0 bridgehead atoms. The quantitative estimate of drug-likeness (QED) is 0.275. The molecule has 30 heavy (non-hydrogen) atoms. The number of thioether (sulfide) groups is 1. The fraction of sp³-hybridized carbons (Fsp3) is 0.333. The molecule has 0 atom stereocenters. The average Bonchev–Trinajstić information content (AvgIpc) is 2.99. The molecule has 1 fully saturated rings. The summed E-state index contributed by atoms with van der Waals surface area (Å²) in [6.45, 7) is 9.71. The van der Waals surface area contributed by atoms with Crippen molar-refractivity contribution in [1.82, 2.24) is 14.3 Å². The van der Waals surface area contributed by atoms with Crippen LogP contribution in [0.4, 0.5) is 5.82 Å². The molecule has 0 aromatic carbocycles. The fourth-order valence-electron chi connectivity index (χ4n) is 3.02. The Labute approximate surface area is 184 Å². The predicted octanol–water partition coefficient (Wildman–Crippen LogP) is 3.23. The van der Waals surface area contributed by atoms with E-state index in [4.69, 9.17) is 17.0 Å². The van der Waals surface area contributed by atoms with E-state index >= 15 is 0 Å². The Balaban J connectivity index is 2.03. The number of hydrogen-bond donors (Lipinski definition) is 1. The van der Waals surface area contributed by atoms with Gasteiger partial charge >= 0.3 is 0 Å². The van der Waals surface area contributed by atoms with Crippen molar-refractivity contribution in [3.63, 3.8) is 0 Å². The van der Waals surface area contributed by atoms with Gasteiger partial charge in [-0.15, -0.1) is 6.58 Å². The van der Waals surface area contributed by atoms with Gasteiger partial charge in [0, 0.05) is 32.5 Å². The Bertz CT molecular complexity index is 1080. The first-order chi connectivity index (χ1) is 14.5. The van der Waals surface area contributed by atoms with E-state index in [1.54, 1.807) is 24.4 Å². The summed E-state index contributed by atoms with van der Waals surface area (Å²) in [6, 6.07) is 3.70. The molecular weight excluding hydrogens is 420 g/mol. The van der Waals surface area contributed by atoms with Crippen molar-refractivity contribution in [2.24, 2.45) is 0 Å². The highest BCUT2D eigenvalue weighted by Crippen LogP contribution is 2.32. The minimum atomic E-state index is -0.245. The molecule has 0 radical (unpaired) electrons. The van der Waals surface area contributed by atoms with Gasteiger partial charge in [0.2, 0.25) is 0 Å². The predicted molar refractivity (Wildman–Crippen MR) is 126 cm³/mol. The fourth-order valence-corrected chi connectivity index (χ4v) is 4.28. The van der Waals surface area contributed by atoms with Crippen LogP contribution in [0.15, 0.2) is 40.7 Å². The second-order valence-corrected chi connectivity index (χ2v) is 8.30. The number of nitrogens with zero attached hydrogens (tertiary/aromatic N) is 3. The lowest BCUT2D eigenvalue weighted by Gasteiger charge is -2.12. The Morgan fingerprint density at radius 3 is 2.93 bits per heavy atom. The summed E-state index contributed by atoms with van der Waals surface area (Å²) in [5, 5.41) is 3.24. The van der Waals surface area contributed by atoms with E-state index in [1.807, 2.05) is 19.9 Å². The lowest BCUT2D eigenvalue weighted by Crippen LogP contribution is -2.28. The molecular formula is C21H24N4O3S2. The summed E-state index contributed by atoms with van der Waals surface area (Å²) in [5.41, 5.74) is 1.54. The van der Waals surface area contributed by atoms with Gasteiger partial charge in [-0.2, -0.15) is 0 Å². The maximum absolute atomic E-state index is 13.3. The first-order valence-corrected chi connectivity index (χ1v) is 10.9. The van der Waals surface area contributed by atoms with Gasteiger partial charge in [0.05, 0.1) is 10.5 Å². The highest BCUT2D eigenvalue weighted by Gasteiger charge is 2.31. The van der Waals surface area contributed by atoms with Crippen LogP contribution in [0.2, 0.25) is 0 Å². The van der Waals surface area contributed by atoms with E-state index in [9.17, 15) is 9.59 Å². The van der Waals surface area contributed by atoms with Crippen molar-refractivity contribution in [3.8, 4) is 0 Å². The van der Waals surface area contributed by atoms with Gasteiger partial charge in [0.15, 0.2) is 0 Å². The summed E-state index contributed by atoms with van der Waals surface area (Å²) in [4.78, 5) is 32.5. The van der Waals surface area contributed by atoms with E-state index in [2.05, 4.69) is 16.9 Å². The Morgan fingerprint density at radius 2 is 2.20 bits per heavy atom. The maximum Gasteiger partial charge on any atom is 0.267 e. The minimum Gasteiger partial charge on any atom is -0.382 e. The van der Waals surface area contributed by atoms with Crippen LogP contribution in [0.3, 0.4) is 0 Å². The van der Waals surface area contributed by atoms with E-state index in [1.165, 1.54) is 21.1 Å². The maximum atomic E-state index is 13.3. The van der Waals surface area contributed by atoms with Gasteiger partial charge in [-0.1, -0.05) is 36.1 Å². The molecule has 3 rings (SSSR count). The van der Waals surface area contributed by atoms with Crippen LogP contribution in [-0.4, -0.2) is 50.8 Å². The number of carbonyl (C=O) groups excluding carboxylic acids is 1. The third-order valence-electron chi connectivity index (χ3n) is 4.51. The van der Waals surface area contributed by atoms with Crippen molar-refractivity contribution in [1.29, 1.82) is 0 Å². The molecule has 0 aliphatic carbocycles. The molecule has 9 heteroatoms. The normalized spacial score (nSPS) is 15.4. The highest BCUT2D eigenvalue weighted by molar-refractivity contribution is 8.26. The van der Waals surface area contributed by atoms with Gasteiger partial charge in [0.25, 0.3) is 11.5 Å². The second-order valence-electron chi connectivity index (χ2n) is 6.62. The molecule has 1 aliphatic heterocycles. The summed E-state index contributed by atoms with van der Waals surface area (Å²) in [5.74, 6) is 0.209. The third-order valence-corrected chi connectivity index (χ3v) is 5.88. The van der Waals surface area contributed by atoms with Crippen LogP contribution in [0.1, 0.15) is 24.5 Å². The SMILES string of the molecule is C=CCN1C(=O)/C(=C/c2c(NCCCOCC)nc3c(C)cccn3c2=O)SC1=S. The van der Waals surface area contributed by atoms with Crippen molar-refractivity contribution in [2.45, 2.75) is 20.3 Å². The molecule has 1 saturated heterocycles. The molecule has 158 valence electrons. The molecule has 1 N–H and O–H groups in total. The summed E-state index contributed by atoms with van der Waals surface area (Å²) in [6.07, 6.45) is 5.64. The van der Waals surface area contributed by atoms with Gasteiger partial charge in [-0.05, 0) is 38.0 Å². The van der Waals surface area contributed by atoms with Gasteiger partial charge < -0.3 is 10.1 Å². The highest BCUT2D eigenvalue weighted by atomic mass is 32.2. The number of carbonyl (C=O) groups is 1.